The molecular formula is C22H27NO6S. The summed E-state index contributed by atoms with van der Waals surface area (Å²) in [7, 11) is 6.33. The fraction of sp³-hybridized carbons (Fsp3) is 0.409. The first kappa shape index (κ1) is 22.0. The van der Waals surface area contributed by atoms with Crippen molar-refractivity contribution in [3.8, 4) is 28.7 Å². The molecule has 0 radical (unpaired) electrons. The molecule has 1 saturated heterocycles. The van der Waals surface area contributed by atoms with Gasteiger partial charge in [0.25, 0.3) is 0 Å². The highest BCUT2D eigenvalue weighted by Crippen LogP contribution is 2.44. The second kappa shape index (κ2) is 9.84. The summed E-state index contributed by atoms with van der Waals surface area (Å²) in [5, 5.41) is -0.123. The monoisotopic (exact) mass is 433 g/mol. The van der Waals surface area contributed by atoms with Crippen molar-refractivity contribution in [1.82, 2.24) is 4.90 Å². The maximum atomic E-state index is 12.7. The second-order valence-corrected chi connectivity index (χ2v) is 7.63. The third kappa shape index (κ3) is 4.38. The number of thioether (sulfide) groups is 1. The normalized spacial score (nSPS) is 15.8. The van der Waals surface area contributed by atoms with Gasteiger partial charge >= 0.3 is 0 Å². The number of nitrogens with zero attached hydrogens (tertiary/aromatic N) is 1. The number of carbonyl (C=O) groups is 1. The number of hydrogen-bond donors (Lipinski definition) is 0. The van der Waals surface area contributed by atoms with Crippen molar-refractivity contribution < 1.29 is 28.5 Å². The van der Waals surface area contributed by atoms with Gasteiger partial charge in [-0.05, 0) is 42.3 Å². The van der Waals surface area contributed by atoms with Crippen molar-refractivity contribution >= 4 is 17.7 Å². The van der Waals surface area contributed by atoms with E-state index in [1.807, 2.05) is 42.2 Å². The molecule has 1 unspecified atom stereocenters. The van der Waals surface area contributed by atoms with Gasteiger partial charge in [-0.1, -0.05) is 6.07 Å². The predicted octanol–water partition coefficient (Wildman–Crippen LogP) is 3.89. The Morgan fingerprint density at radius 1 is 0.933 bits per heavy atom. The van der Waals surface area contributed by atoms with Crippen LogP contribution in [-0.4, -0.2) is 51.6 Å². The summed E-state index contributed by atoms with van der Waals surface area (Å²) in [6, 6.07) is 9.53. The summed E-state index contributed by atoms with van der Waals surface area (Å²) in [5.41, 5.74) is 1.88. The summed E-state index contributed by atoms with van der Waals surface area (Å²) in [6.45, 7) is 2.88. The molecule has 1 atom stereocenters. The molecule has 162 valence electrons. The molecule has 1 fully saturated rings. The molecule has 2 aromatic rings. The summed E-state index contributed by atoms with van der Waals surface area (Å²) < 4.78 is 27.4. The van der Waals surface area contributed by atoms with Crippen molar-refractivity contribution in [2.45, 2.75) is 18.8 Å². The summed E-state index contributed by atoms with van der Waals surface area (Å²) in [4.78, 5) is 14.5. The number of benzene rings is 2. The molecule has 0 N–H and O–H groups in total. The Balaban J connectivity index is 1.92. The van der Waals surface area contributed by atoms with E-state index in [1.165, 1.54) is 0 Å². The van der Waals surface area contributed by atoms with Crippen LogP contribution in [0.5, 0.6) is 28.7 Å². The van der Waals surface area contributed by atoms with E-state index in [4.69, 9.17) is 23.7 Å². The van der Waals surface area contributed by atoms with Gasteiger partial charge in [0.2, 0.25) is 11.7 Å². The maximum Gasteiger partial charge on any atom is 0.234 e. The molecule has 1 aliphatic heterocycles. The maximum absolute atomic E-state index is 12.7. The molecule has 30 heavy (non-hydrogen) atoms. The van der Waals surface area contributed by atoms with E-state index in [0.717, 1.165) is 11.1 Å². The lowest BCUT2D eigenvalue weighted by Crippen LogP contribution is -2.27. The van der Waals surface area contributed by atoms with Crippen LogP contribution in [0.4, 0.5) is 0 Å². The third-order valence-corrected chi connectivity index (χ3v) is 6.07. The highest BCUT2D eigenvalue weighted by atomic mass is 32.2. The van der Waals surface area contributed by atoms with Crippen molar-refractivity contribution in [2.24, 2.45) is 0 Å². The van der Waals surface area contributed by atoms with Gasteiger partial charge in [0.1, 0.15) is 5.37 Å². The van der Waals surface area contributed by atoms with Gasteiger partial charge in [0, 0.05) is 6.54 Å². The second-order valence-electron chi connectivity index (χ2n) is 6.56. The quantitative estimate of drug-likeness (QED) is 0.594. The van der Waals surface area contributed by atoms with Gasteiger partial charge in [-0.3, -0.25) is 4.79 Å². The zero-order chi connectivity index (χ0) is 21.7. The van der Waals surface area contributed by atoms with Gasteiger partial charge in [-0.2, -0.15) is 0 Å². The number of methoxy groups -OCH3 is 4. The van der Waals surface area contributed by atoms with Crippen LogP contribution in [-0.2, 0) is 11.3 Å². The van der Waals surface area contributed by atoms with Crippen LogP contribution in [0.2, 0.25) is 0 Å². The fourth-order valence-electron chi connectivity index (χ4n) is 3.44. The summed E-state index contributed by atoms with van der Waals surface area (Å²) in [6.07, 6.45) is 0. The van der Waals surface area contributed by atoms with Crippen molar-refractivity contribution in [2.75, 3.05) is 40.8 Å². The SMILES string of the molecule is CCOc1cc(C2SCC(=O)N2Cc2cc(OC)c(OC)c(OC)c2)ccc1OC. The van der Waals surface area contributed by atoms with Crippen molar-refractivity contribution in [3.05, 3.63) is 41.5 Å². The highest BCUT2D eigenvalue weighted by Gasteiger charge is 2.33. The molecule has 1 heterocycles. The first-order chi connectivity index (χ1) is 14.6. The van der Waals surface area contributed by atoms with Crippen LogP contribution < -0.4 is 23.7 Å². The van der Waals surface area contributed by atoms with Gasteiger partial charge in [-0.25, -0.2) is 0 Å². The van der Waals surface area contributed by atoms with Crippen LogP contribution in [0.15, 0.2) is 30.3 Å². The Hall–Kier alpha value is -2.74. The zero-order valence-corrected chi connectivity index (χ0v) is 18.7. The average Bonchev–Trinajstić information content (AvgIpc) is 3.13. The molecule has 0 saturated carbocycles. The molecule has 0 bridgehead atoms. The minimum atomic E-state index is -0.123. The van der Waals surface area contributed by atoms with Crippen molar-refractivity contribution in [1.29, 1.82) is 0 Å². The minimum absolute atomic E-state index is 0.0764. The van der Waals surface area contributed by atoms with Gasteiger partial charge < -0.3 is 28.6 Å². The van der Waals surface area contributed by atoms with Crippen LogP contribution in [0.25, 0.3) is 0 Å². The van der Waals surface area contributed by atoms with E-state index in [2.05, 4.69) is 0 Å². The number of rotatable bonds is 9. The Morgan fingerprint density at radius 2 is 1.60 bits per heavy atom. The highest BCUT2D eigenvalue weighted by molar-refractivity contribution is 8.00. The minimum Gasteiger partial charge on any atom is -0.493 e. The average molecular weight is 434 g/mol. The number of ether oxygens (including phenoxy) is 5. The van der Waals surface area contributed by atoms with Crippen molar-refractivity contribution in [3.63, 3.8) is 0 Å². The van der Waals surface area contributed by atoms with Crippen LogP contribution in [0.3, 0.4) is 0 Å². The molecule has 0 aromatic heterocycles. The predicted molar refractivity (Wildman–Crippen MR) is 116 cm³/mol. The Bertz CT molecular complexity index is 878. The number of carbonyl (C=O) groups excluding carboxylic acids is 1. The zero-order valence-electron chi connectivity index (χ0n) is 17.9. The van der Waals surface area contributed by atoms with E-state index in [-0.39, 0.29) is 11.3 Å². The van der Waals surface area contributed by atoms with E-state index in [1.54, 1.807) is 40.2 Å². The molecule has 0 spiro atoms. The molecule has 1 amide bonds. The Labute approximate surface area is 181 Å². The van der Waals surface area contributed by atoms with Crippen LogP contribution in [0, 0.1) is 0 Å². The molecule has 8 heteroatoms. The van der Waals surface area contributed by atoms with Gasteiger partial charge in [0.15, 0.2) is 23.0 Å². The van der Waals surface area contributed by atoms with E-state index < -0.39 is 0 Å². The molecular weight excluding hydrogens is 406 g/mol. The van der Waals surface area contributed by atoms with Gasteiger partial charge in [-0.15, -0.1) is 11.8 Å². The summed E-state index contributed by atoms with van der Waals surface area (Å²) in [5.74, 6) is 3.49. The molecule has 1 aliphatic rings. The largest absolute Gasteiger partial charge is 0.493 e. The molecule has 2 aromatic carbocycles. The lowest BCUT2D eigenvalue weighted by molar-refractivity contribution is -0.128. The molecule has 3 rings (SSSR count). The van der Waals surface area contributed by atoms with E-state index in [9.17, 15) is 4.79 Å². The smallest absolute Gasteiger partial charge is 0.234 e. The molecule has 7 nitrogen and oxygen atoms in total. The first-order valence-corrected chi connectivity index (χ1v) is 10.6. The fourth-order valence-corrected chi connectivity index (χ4v) is 4.62. The lowest BCUT2D eigenvalue weighted by Gasteiger charge is -2.25. The van der Waals surface area contributed by atoms with Gasteiger partial charge in [0.05, 0.1) is 40.8 Å². The number of amides is 1. The Morgan fingerprint density at radius 3 is 2.17 bits per heavy atom. The molecule has 0 aliphatic carbocycles. The van der Waals surface area contributed by atoms with E-state index in [0.29, 0.717) is 47.7 Å². The topological polar surface area (TPSA) is 66.5 Å². The van der Waals surface area contributed by atoms with Crippen LogP contribution >= 0.6 is 11.8 Å². The third-order valence-electron chi connectivity index (χ3n) is 4.82. The number of hydrogen-bond acceptors (Lipinski definition) is 7. The van der Waals surface area contributed by atoms with E-state index >= 15 is 0 Å². The Kier molecular flexibility index (Phi) is 7.20. The standard InChI is InChI=1S/C22H27NO6S/c1-6-29-17-11-15(7-8-16(17)25-2)22-23(20(24)13-30-22)12-14-9-18(26-3)21(28-5)19(10-14)27-4/h7-11,22H,6,12-13H2,1-5H3. The first-order valence-electron chi connectivity index (χ1n) is 9.56. The van der Waals surface area contributed by atoms with Crippen LogP contribution in [0.1, 0.15) is 23.4 Å². The lowest BCUT2D eigenvalue weighted by atomic mass is 10.1. The summed E-state index contributed by atoms with van der Waals surface area (Å²) >= 11 is 1.59.